The zero-order valence-electron chi connectivity index (χ0n) is 12.1. The highest BCUT2D eigenvalue weighted by atomic mass is 35.5. The normalized spacial score (nSPS) is 10.9. The molecule has 0 bridgehead atoms. The number of carbonyl (C=O) groups is 1. The van der Waals surface area contributed by atoms with E-state index in [1.165, 1.54) is 34.9 Å². The van der Waals surface area contributed by atoms with Gasteiger partial charge in [-0.1, -0.05) is 58.6 Å². The molecule has 0 aliphatic carbocycles. The smallest absolute Gasteiger partial charge is 0.227 e. The van der Waals surface area contributed by atoms with Crippen LogP contribution in [0.5, 0.6) is 0 Å². The Hall–Kier alpha value is -1.55. The molecule has 1 aromatic carbocycles. The van der Waals surface area contributed by atoms with E-state index in [1.807, 2.05) is 24.3 Å². The van der Waals surface area contributed by atoms with E-state index in [4.69, 9.17) is 21.8 Å². The summed E-state index contributed by atoms with van der Waals surface area (Å²) in [5.41, 5.74) is 5.99. The highest BCUT2D eigenvalue weighted by Crippen LogP contribution is 2.31. The second-order valence-corrected chi connectivity index (χ2v) is 8.37. The van der Waals surface area contributed by atoms with Gasteiger partial charge in [-0.25, -0.2) is 4.98 Å². The van der Waals surface area contributed by atoms with E-state index in [2.05, 4.69) is 15.2 Å². The molecule has 3 rings (SSSR count). The van der Waals surface area contributed by atoms with Crippen molar-refractivity contribution in [2.24, 2.45) is 5.73 Å². The minimum atomic E-state index is -0.377. The molecular formula is C14H11ClN4O2S3. The van der Waals surface area contributed by atoms with Crippen LogP contribution in [0.1, 0.15) is 5.89 Å². The molecule has 0 saturated heterocycles. The van der Waals surface area contributed by atoms with Gasteiger partial charge >= 0.3 is 0 Å². The lowest BCUT2D eigenvalue weighted by Crippen LogP contribution is -2.12. The third-order valence-electron chi connectivity index (χ3n) is 2.71. The monoisotopic (exact) mass is 398 g/mol. The summed E-state index contributed by atoms with van der Waals surface area (Å²) in [6.45, 7) is 0. The van der Waals surface area contributed by atoms with Gasteiger partial charge in [0.25, 0.3) is 0 Å². The molecule has 10 heteroatoms. The van der Waals surface area contributed by atoms with E-state index < -0.39 is 0 Å². The summed E-state index contributed by atoms with van der Waals surface area (Å²) < 4.78 is 7.22. The highest BCUT2D eigenvalue weighted by Gasteiger charge is 2.11. The van der Waals surface area contributed by atoms with Crippen molar-refractivity contribution in [3.05, 3.63) is 41.4 Å². The van der Waals surface area contributed by atoms with Gasteiger partial charge < -0.3 is 10.2 Å². The second-order valence-electron chi connectivity index (χ2n) is 4.51. The first-order valence-electron chi connectivity index (χ1n) is 6.68. The highest BCUT2D eigenvalue weighted by molar-refractivity contribution is 8.03. The minimum Gasteiger partial charge on any atom is -0.440 e. The van der Waals surface area contributed by atoms with Crippen LogP contribution >= 0.6 is 46.5 Å². The van der Waals surface area contributed by atoms with Crippen molar-refractivity contribution in [1.29, 1.82) is 0 Å². The number of benzene rings is 1. The largest absolute Gasteiger partial charge is 0.440 e. The van der Waals surface area contributed by atoms with Crippen molar-refractivity contribution < 1.29 is 9.21 Å². The number of hydrogen-bond donors (Lipinski definition) is 1. The van der Waals surface area contributed by atoms with Gasteiger partial charge in [-0.2, -0.15) is 0 Å². The summed E-state index contributed by atoms with van der Waals surface area (Å²) in [5.74, 6) is 1.62. The number of nitrogens with zero attached hydrogens (tertiary/aromatic N) is 3. The Morgan fingerprint density at radius 3 is 2.83 bits per heavy atom. The fourth-order valence-electron chi connectivity index (χ4n) is 1.72. The van der Waals surface area contributed by atoms with E-state index in [9.17, 15) is 4.79 Å². The number of rotatable bonds is 7. The van der Waals surface area contributed by atoms with Crippen molar-refractivity contribution in [3.8, 4) is 11.3 Å². The molecule has 1 amide bonds. The lowest BCUT2D eigenvalue weighted by Gasteiger charge is -1.96. The fourth-order valence-corrected chi connectivity index (χ4v) is 4.53. The predicted octanol–water partition coefficient (Wildman–Crippen LogP) is 3.72. The van der Waals surface area contributed by atoms with Crippen molar-refractivity contribution in [2.75, 3.05) is 5.75 Å². The average molecular weight is 399 g/mol. The Labute approximate surface area is 155 Å². The number of hydrogen-bond acceptors (Lipinski definition) is 8. The third-order valence-corrected chi connectivity index (χ3v) is 6.14. The molecule has 0 aliphatic heterocycles. The van der Waals surface area contributed by atoms with Crippen LogP contribution in [0.3, 0.4) is 0 Å². The predicted molar refractivity (Wildman–Crippen MR) is 96.3 cm³/mol. The zero-order chi connectivity index (χ0) is 16.9. The van der Waals surface area contributed by atoms with E-state index in [0.29, 0.717) is 26.8 Å². The molecule has 2 N–H and O–H groups in total. The molecule has 3 aromatic rings. The van der Waals surface area contributed by atoms with Crippen molar-refractivity contribution in [1.82, 2.24) is 15.2 Å². The van der Waals surface area contributed by atoms with E-state index in [1.54, 1.807) is 6.20 Å². The second kappa shape index (κ2) is 8.02. The van der Waals surface area contributed by atoms with Gasteiger partial charge in [0.2, 0.25) is 11.8 Å². The first-order valence-corrected chi connectivity index (χ1v) is 9.85. The Morgan fingerprint density at radius 2 is 2.08 bits per heavy atom. The number of oxazole rings is 1. The summed E-state index contributed by atoms with van der Waals surface area (Å²) in [4.78, 5) is 15.0. The topological polar surface area (TPSA) is 94.9 Å². The van der Waals surface area contributed by atoms with Crippen molar-refractivity contribution in [3.63, 3.8) is 0 Å². The maximum absolute atomic E-state index is 10.8. The van der Waals surface area contributed by atoms with Crippen LogP contribution in [-0.2, 0) is 10.5 Å². The summed E-state index contributed by atoms with van der Waals surface area (Å²) >= 11 is 10.1. The summed E-state index contributed by atoms with van der Waals surface area (Å²) in [5, 5.41) is 8.71. The molecule has 0 unspecified atom stereocenters. The molecule has 0 aliphatic rings. The van der Waals surface area contributed by atoms with Crippen LogP contribution in [0, 0.1) is 0 Å². The Bertz CT molecular complexity index is 852. The Kier molecular flexibility index (Phi) is 5.77. The number of amides is 1. The summed E-state index contributed by atoms with van der Waals surface area (Å²) in [6.07, 6.45) is 1.68. The Morgan fingerprint density at radius 1 is 1.29 bits per heavy atom. The number of aromatic nitrogens is 3. The third kappa shape index (κ3) is 4.73. The fraction of sp³-hybridized carbons (Fsp3) is 0.143. The maximum Gasteiger partial charge on any atom is 0.227 e. The van der Waals surface area contributed by atoms with Crippen LogP contribution in [0.15, 0.2) is 43.6 Å². The summed E-state index contributed by atoms with van der Waals surface area (Å²) in [7, 11) is 0. The van der Waals surface area contributed by atoms with Crippen LogP contribution in [-0.4, -0.2) is 26.8 Å². The standard InChI is InChI=1S/C14H11ClN4O2S3/c15-9-3-1-2-8(4-9)10-5-17-12(21-10)7-23-14-19-18-13(24-14)22-6-11(16)20/h1-5H,6-7H2,(H2,16,20). The first-order chi connectivity index (χ1) is 11.6. The molecule has 6 nitrogen and oxygen atoms in total. The first kappa shape index (κ1) is 17.3. The molecule has 2 aromatic heterocycles. The quantitative estimate of drug-likeness (QED) is 0.606. The molecule has 24 heavy (non-hydrogen) atoms. The Balaban J connectivity index is 1.58. The number of carbonyl (C=O) groups excluding carboxylic acids is 1. The van der Waals surface area contributed by atoms with Gasteiger partial charge in [-0.05, 0) is 12.1 Å². The van der Waals surface area contributed by atoms with E-state index in [-0.39, 0.29) is 11.7 Å². The van der Waals surface area contributed by atoms with Gasteiger partial charge in [0, 0.05) is 10.6 Å². The minimum absolute atomic E-state index is 0.196. The molecule has 0 saturated carbocycles. The number of primary amides is 1. The van der Waals surface area contributed by atoms with E-state index >= 15 is 0 Å². The van der Waals surface area contributed by atoms with Gasteiger partial charge in [-0.3, -0.25) is 4.79 Å². The van der Waals surface area contributed by atoms with Gasteiger partial charge in [0.05, 0.1) is 17.7 Å². The average Bonchev–Trinajstić information content (AvgIpc) is 3.20. The number of halogens is 1. The molecule has 0 radical (unpaired) electrons. The van der Waals surface area contributed by atoms with Crippen LogP contribution in [0.2, 0.25) is 5.02 Å². The summed E-state index contributed by atoms with van der Waals surface area (Å²) in [6, 6.07) is 7.41. The van der Waals surface area contributed by atoms with Crippen molar-refractivity contribution in [2.45, 2.75) is 14.4 Å². The van der Waals surface area contributed by atoms with Gasteiger partial charge in [0.15, 0.2) is 14.4 Å². The van der Waals surface area contributed by atoms with Crippen LogP contribution in [0.4, 0.5) is 0 Å². The molecule has 0 atom stereocenters. The lowest BCUT2D eigenvalue weighted by molar-refractivity contribution is -0.115. The zero-order valence-corrected chi connectivity index (χ0v) is 15.3. The van der Waals surface area contributed by atoms with E-state index in [0.717, 1.165) is 9.90 Å². The molecule has 0 spiro atoms. The van der Waals surface area contributed by atoms with Crippen LogP contribution in [0.25, 0.3) is 11.3 Å². The van der Waals surface area contributed by atoms with Gasteiger partial charge in [-0.15, -0.1) is 10.2 Å². The van der Waals surface area contributed by atoms with Gasteiger partial charge in [0.1, 0.15) is 0 Å². The number of thioether (sulfide) groups is 2. The molecule has 124 valence electrons. The number of nitrogens with two attached hydrogens (primary N) is 1. The lowest BCUT2D eigenvalue weighted by atomic mass is 10.2. The molecular weight excluding hydrogens is 388 g/mol. The SMILES string of the molecule is NC(=O)CSc1nnc(SCc2ncc(-c3cccc(Cl)c3)o2)s1. The molecule has 2 heterocycles. The maximum atomic E-state index is 10.8. The molecule has 0 fully saturated rings. The van der Waals surface area contributed by atoms with Crippen LogP contribution < -0.4 is 5.73 Å². The van der Waals surface area contributed by atoms with Crippen molar-refractivity contribution >= 4 is 52.4 Å².